The van der Waals surface area contributed by atoms with E-state index in [1.165, 1.54) is 11.3 Å². The highest BCUT2D eigenvalue weighted by Gasteiger charge is 2.50. The van der Waals surface area contributed by atoms with E-state index in [1.54, 1.807) is 12.1 Å². The van der Waals surface area contributed by atoms with Gasteiger partial charge in [-0.1, -0.05) is 62.4 Å². The molecular weight excluding hydrogens is 292 g/mol. The fourth-order valence-electron chi connectivity index (χ4n) is 3.64. The summed E-state index contributed by atoms with van der Waals surface area (Å²) in [6, 6.07) is 8.77. The van der Waals surface area contributed by atoms with Crippen LogP contribution in [0.25, 0.3) is 0 Å². The average molecular weight is 316 g/mol. The summed E-state index contributed by atoms with van der Waals surface area (Å²) in [4.78, 5) is 26.4. The van der Waals surface area contributed by atoms with E-state index in [2.05, 4.69) is 5.32 Å². The molecule has 2 aliphatic rings. The van der Waals surface area contributed by atoms with Crippen LogP contribution in [0.15, 0.2) is 30.3 Å². The third-order valence-corrected chi connectivity index (χ3v) is 4.99. The van der Waals surface area contributed by atoms with Gasteiger partial charge in [0.25, 0.3) is 5.91 Å². The van der Waals surface area contributed by atoms with E-state index in [0.717, 1.165) is 25.7 Å². The summed E-state index contributed by atoms with van der Waals surface area (Å²) < 4.78 is 0. The summed E-state index contributed by atoms with van der Waals surface area (Å²) in [6.07, 6.45) is 5.89. The second-order valence-corrected chi connectivity index (χ2v) is 6.62. The molecule has 1 saturated carbocycles. The number of carbonyl (C=O) groups excluding carboxylic acids is 2. The first-order valence-electron chi connectivity index (χ1n) is 8.49. The van der Waals surface area contributed by atoms with Crippen molar-refractivity contribution < 1.29 is 14.7 Å². The molecule has 1 aromatic rings. The molecule has 23 heavy (non-hydrogen) atoms. The largest absolute Gasteiger partial charge is 0.387 e. The molecule has 2 N–H and O–H groups in total. The van der Waals surface area contributed by atoms with Crippen molar-refractivity contribution in [3.8, 4) is 0 Å². The monoisotopic (exact) mass is 316 g/mol. The third kappa shape index (κ3) is 3.24. The van der Waals surface area contributed by atoms with Gasteiger partial charge in [0.2, 0.25) is 0 Å². The van der Waals surface area contributed by atoms with Crippen molar-refractivity contribution in [2.24, 2.45) is 0 Å². The Labute approximate surface area is 136 Å². The van der Waals surface area contributed by atoms with Gasteiger partial charge in [-0.25, -0.2) is 4.79 Å². The maximum absolute atomic E-state index is 12.9. The van der Waals surface area contributed by atoms with Crippen LogP contribution in [0.2, 0.25) is 0 Å². The van der Waals surface area contributed by atoms with Crippen molar-refractivity contribution in [3.63, 3.8) is 0 Å². The first kappa shape index (κ1) is 16.0. The fraction of sp³-hybridized carbons (Fsp3) is 0.556. The number of rotatable bonds is 3. The van der Waals surface area contributed by atoms with Gasteiger partial charge in [0.05, 0.1) is 12.6 Å². The summed E-state index contributed by atoms with van der Waals surface area (Å²) in [5.74, 6) is -0.167. The number of carbonyl (C=O) groups is 2. The molecule has 0 bridgehead atoms. The summed E-state index contributed by atoms with van der Waals surface area (Å²) in [6.45, 7) is 0.0103. The minimum atomic E-state index is -0.852. The smallest absolute Gasteiger partial charge is 0.325 e. The molecular formula is C18H24N2O3. The molecule has 0 radical (unpaired) electrons. The molecule has 1 atom stereocenters. The molecule has 0 aromatic heterocycles. The quantitative estimate of drug-likeness (QED) is 0.843. The standard InChI is InChI=1S/C18H24N2O3/c21-15(14-9-5-4-6-10-14)13-20-16(22)18(19-17(20)23)11-7-2-1-3-8-12-18/h4-6,9-10,15,21H,1-3,7-8,11-13H2,(H,19,23)/t15-/m0/s1. The van der Waals surface area contributed by atoms with Gasteiger partial charge >= 0.3 is 6.03 Å². The zero-order valence-electron chi connectivity index (χ0n) is 13.3. The predicted octanol–water partition coefficient (Wildman–Crippen LogP) is 2.75. The number of aliphatic hydroxyl groups excluding tert-OH is 1. The molecule has 124 valence electrons. The SMILES string of the molecule is O=C1NC2(CCCCCCC2)C(=O)N1C[C@H](O)c1ccccc1. The summed E-state index contributed by atoms with van der Waals surface area (Å²) in [5, 5.41) is 13.2. The van der Waals surface area contributed by atoms with Gasteiger partial charge in [-0.05, 0) is 18.4 Å². The summed E-state index contributed by atoms with van der Waals surface area (Å²) in [5.41, 5.74) is -0.0276. The number of urea groups is 1. The molecule has 3 amide bonds. The normalized spacial score (nSPS) is 22.6. The Bertz CT molecular complexity index is 565. The van der Waals surface area contributed by atoms with E-state index in [-0.39, 0.29) is 18.5 Å². The number of hydrogen-bond acceptors (Lipinski definition) is 3. The lowest BCUT2D eigenvalue weighted by atomic mass is 9.84. The van der Waals surface area contributed by atoms with Gasteiger partial charge in [-0.2, -0.15) is 0 Å². The Morgan fingerprint density at radius 3 is 2.30 bits per heavy atom. The molecule has 1 heterocycles. The lowest BCUT2D eigenvalue weighted by Crippen LogP contribution is -2.47. The lowest BCUT2D eigenvalue weighted by Gasteiger charge is -2.28. The van der Waals surface area contributed by atoms with E-state index >= 15 is 0 Å². The highest BCUT2D eigenvalue weighted by Crippen LogP contribution is 2.32. The first-order chi connectivity index (χ1) is 11.1. The maximum Gasteiger partial charge on any atom is 0.325 e. The van der Waals surface area contributed by atoms with Crippen LogP contribution < -0.4 is 5.32 Å². The molecule has 1 aliphatic carbocycles. The number of aliphatic hydroxyl groups is 1. The molecule has 2 fully saturated rings. The molecule has 1 spiro atoms. The van der Waals surface area contributed by atoms with E-state index in [9.17, 15) is 14.7 Å². The van der Waals surface area contributed by atoms with Crippen molar-refractivity contribution in [2.45, 2.75) is 56.6 Å². The number of nitrogens with zero attached hydrogens (tertiary/aromatic N) is 1. The number of β-amino-alcohol motifs (C(OH)–C–C–N with tert-alkyl or cyclic N) is 1. The van der Waals surface area contributed by atoms with Crippen molar-refractivity contribution in [1.82, 2.24) is 10.2 Å². The van der Waals surface area contributed by atoms with E-state index in [0.29, 0.717) is 18.4 Å². The van der Waals surface area contributed by atoms with Gasteiger partial charge in [-0.3, -0.25) is 9.69 Å². The molecule has 3 rings (SSSR count). The minimum absolute atomic E-state index is 0.0103. The van der Waals surface area contributed by atoms with E-state index in [4.69, 9.17) is 0 Å². The number of hydrogen-bond donors (Lipinski definition) is 2. The van der Waals surface area contributed by atoms with Crippen LogP contribution in [-0.2, 0) is 4.79 Å². The molecule has 1 saturated heterocycles. The number of benzene rings is 1. The zero-order chi connectivity index (χ0) is 16.3. The molecule has 1 aromatic carbocycles. The Morgan fingerprint density at radius 2 is 1.65 bits per heavy atom. The summed E-state index contributed by atoms with van der Waals surface area (Å²) in [7, 11) is 0. The maximum atomic E-state index is 12.9. The van der Waals surface area contributed by atoms with Crippen LogP contribution in [0.4, 0.5) is 4.79 Å². The summed E-state index contributed by atoms with van der Waals surface area (Å²) >= 11 is 0. The Kier molecular flexibility index (Phi) is 4.66. The fourth-order valence-corrected chi connectivity index (χ4v) is 3.64. The van der Waals surface area contributed by atoms with E-state index in [1.807, 2.05) is 18.2 Å². The minimum Gasteiger partial charge on any atom is -0.387 e. The van der Waals surface area contributed by atoms with Gasteiger partial charge < -0.3 is 10.4 Å². The molecule has 5 nitrogen and oxygen atoms in total. The van der Waals surface area contributed by atoms with Crippen molar-refractivity contribution >= 4 is 11.9 Å². The first-order valence-corrected chi connectivity index (χ1v) is 8.49. The van der Waals surface area contributed by atoms with Crippen molar-refractivity contribution in [1.29, 1.82) is 0 Å². The van der Waals surface area contributed by atoms with Gasteiger partial charge in [0, 0.05) is 0 Å². The number of imide groups is 1. The van der Waals surface area contributed by atoms with Crippen LogP contribution in [0.1, 0.15) is 56.6 Å². The van der Waals surface area contributed by atoms with Crippen LogP contribution in [0.5, 0.6) is 0 Å². The highest BCUT2D eigenvalue weighted by atomic mass is 16.3. The Morgan fingerprint density at radius 1 is 1.04 bits per heavy atom. The van der Waals surface area contributed by atoms with Crippen LogP contribution in [0.3, 0.4) is 0 Å². The van der Waals surface area contributed by atoms with Crippen molar-refractivity contribution in [2.75, 3.05) is 6.54 Å². The van der Waals surface area contributed by atoms with Gasteiger partial charge in [-0.15, -0.1) is 0 Å². The average Bonchev–Trinajstić information content (AvgIpc) is 2.77. The van der Waals surface area contributed by atoms with Gasteiger partial charge in [0.15, 0.2) is 0 Å². The Balaban J connectivity index is 1.73. The Hall–Kier alpha value is -1.88. The third-order valence-electron chi connectivity index (χ3n) is 4.99. The van der Waals surface area contributed by atoms with Gasteiger partial charge in [0.1, 0.15) is 5.54 Å². The molecule has 1 aliphatic heterocycles. The van der Waals surface area contributed by atoms with Crippen LogP contribution in [-0.4, -0.2) is 34.0 Å². The van der Waals surface area contributed by atoms with Crippen molar-refractivity contribution in [3.05, 3.63) is 35.9 Å². The zero-order valence-corrected chi connectivity index (χ0v) is 13.3. The highest BCUT2D eigenvalue weighted by molar-refractivity contribution is 6.07. The number of amides is 3. The molecule has 5 heteroatoms. The van der Waals surface area contributed by atoms with E-state index < -0.39 is 11.6 Å². The van der Waals surface area contributed by atoms with Crippen LogP contribution in [0, 0.1) is 0 Å². The second kappa shape index (κ2) is 6.71. The predicted molar refractivity (Wildman–Crippen MR) is 86.7 cm³/mol. The topological polar surface area (TPSA) is 69.6 Å². The molecule has 0 unspecified atom stereocenters. The van der Waals surface area contributed by atoms with Crippen LogP contribution >= 0.6 is 0 Å². The second-order valence-electron chi connectivity index (χ2n) is 6.62. The number of nitrogens with one attached hydrogen (secondary N) is 1. The lowest BCUT2D eigenvalue weighted by molar-refractivity contribution is -0.133.